The normalized spacial score (nSPS) is 17.2. The van der Waals surface area contributed by atoms with Crippen LogP contribution in [0.3, 0.4) is 0 Å². The van der Waals surface area contributed by atoms with Crippen molar-refractivity contribution in [1.29, 1.82) is 0 Å². The minimum atomic E-state index is 0.722. The molecule has 1 nitrogen and oxygen atoms in total. The smallest absolute Gasteiger partial charge is 0.0233 e. The summed E-state index contributed by atoms with van der Waals surface area (Å²) in [4.78, 5) is 2.57. The van der Waals surface area contributed by atoms with Crippen molar-refractivity contribution in [3.63, 3.8) is 0 Å². The Kier molecular flexibility index (Phi) is 4.54. The van der Waals surface area contributed by atoms with Crippen molar-refractivity contribution in [2.45, 2.75) is 25.3 Å². The summed E-state index contributed by atoms with van der Waals surface area (Å²) >= 11 is 3.57. The summed E-state index contributed by atoms with van der Waals surface area (Å²) in [5.41, 5.74) is 2.91. The fraction of sp³-hybridized carbons (Fsp3) is 0.333. The maximum absolute atomic E-state index is 3.57. The van der Waals surface area contributed by atoms with Crippen LogP contribution >= 0.6 is 15.9 Å². The predicted molar refractivity (Wildman–Crippen MR) is 87.8 cm³/mol. The van der Waals surface area contributed by atoms with E-state index in [4.69, 9.17) is 0 Å². The molecule has 0 spiro atoms. The maximum atomic E-state index is 3.57. The van der Waals surface area contributed by atoms with Gasteiger partial charge in [0.1, 0.15) is 0 Å². The maximum Gasteiger partial charge on any atom is 0.0233 e. The topological polar surface area (TPSA) is 3.24 Å². The molecule has 2 aromatic rings. The quantitative estimate of drug-likeness (QED) is 0.779. The van der Waals surface area contributed by atoms with Gasteiger partial charge in [-0.25, -0.2) is 0 Å². The van der Waals surface area contributed by atoms with Gasteiger partial charge in [0.25, 0.3) is 0 Å². The summed E-state index contributed by atoms with van der Waals surface area (Å²) in [5, 5.41) is 0. The molecular formula is C18H20BrN. The first-order valence-corrected chi connectivity index (χ1v) is 8.12. The molecule has 0 amide bonds. The lowest BCUT2D eigenvalue weighted by Gasteiger charge is -2.32. The van der Waals surface area contributed by atoms with Gasteiger partial charge in [-0.05, 0) is 55.1 Å². The molecular weight excluding hydrogens is 310 g/mol. The Bertz CT molecular complexity index is 544. The van der Waals surface area contributed by atoms with Crippen LogP contribution in [0, 0.1) is 0 Å². The highest BCUT2D eigenvalue weighted by atomic mass is 79.9. The molecule has 0 atom stereocenters. The first-order chi connectivity index (χ1) is 9.81. The largest absolute Gasteiger partial charge is 0.299 e. The van der Waals surface area contributed by atoms with Crippen LogP contribution in [0.4, 0.5) is 0 Å². The van der Waals surface area contributed by atoms with E-state index in [1.54, 1.807) is 0 Å². The lowest BCUT2D eigenvalue weighted by molar-refractivity contribution is 0.204. The van der Waals surface area contributed by atoms with E-state index >= 15 is 0 Å². The van der Waals surface area contributed by atoms with Gasteiger partial charge in [-0.2, -0.15) is 0 Å². The van der Waals surface area contributed by atoms with Crippen molar-refractivity contribution in [3.05, 3.63) is 70.2 Å². The number of benzene rings is 2. The molecule has 20 heavy (non-hydrogen) atoms. The summed E-state index contributed by atoms with van der Waals surface area (Å²) in [6, 6.07) is 19.6. The number of likely N-dealkylation sites (tertiary alicyclic amines) is 1. The van der Waals surface area contributed by atoms with E-state index in [9.17, 15) is 0 Å². The number of hydrogen-bond acceptors (Lipinski definition) is 1. The third-order valence-electron chi connectivity index (χ3n) is 4.16. The Balaban J connectivity index is 1.57. The van der Waals surface area contributed by atoms with Crippen LogP contribution in [0.5, 0.6) is 0 Å². The average Bonchev–Trinajstić information content (AvgIpc) is 2.49. The van der Waals surface area contributed by atoms with Crippen molar-refractivity contribution in [2.24, 2.45) is 0 Å². The molecule has 2 aromatic carbocycles. The number of rotatable bonds is 3. The van der Waals surface area contributed by atoms with E-state index in [1.165, 1.54) is 41.5 Å². The summed E-state index contributed by atoms with van der Waals surface area (Å²) in [7, 11) is 0. The van der Waals surface area contributed by atoms with Crippen LogP contribution in [0.1, 0.15) is 29.9 Å². The fourth-order valence-electron chi connectivity index (χ4n) is 3.03. The zero-order chi connectivity index (χ0) is 13.8. The minimum absolute atomic E-state index is 0.722. The van der Waals surface area contributed by atoms with Crippen molar-refractivity contribution < 1.29 is 0 Å². The number of piperidine rings is 1. The second-order valence-corrected chi connectivity index (χ2v) is 6.51. The molecule has 104 valence electrons. The van der Waals surface area contributed by atoms with E-state index in [1.807, 2.05) is 0 Å². The monoisotopic (exact) mass is 329 g/mol. The third-order valence-corrected chi connectivity index (χ3v) is 4.65. The van der Waals surface area contributed by atoms with Gasteiger partial charge in [0.2, 0.25) is 0 Å². The Labute approximate surface area is 129 Å². The van der Waals surface area contributed by atoms with Crippen LogP contribution in [0.15, 0.2) is 59.1 Å². The highest BCUT2D eigenvalue weighted by Crippen LogP contribution is 2.30. The molecule has 0 aromatic heterocycles. The van der Waals surface area contributed by atoms with Crippen molar-refractivity contribution >= 4 is 15.9 Å². The van der Waals surface area contributed by atoms with Crippen LogP contribution in [-0.2, 0) is 6.54 Å². The Hall–Kier alpha value is -1.12. The summed E-state index contributed by atoms with van der Waals surface area (Å²) in [5.74, 6) is 0.722. The molecule has 1 aliphatic heterocycles. The lowest BCUT2D eigenvalue weighted by Crippen LogP contribution is -2.32. The Morgan fingerprint density at radius 3 is 2.40 bits per heavy atom. The molecule has 0 aliphatic carbocycles. The lowest BCUT2D eigenvalue weighted by atomic mass is 9.89. The fourth-order valence-corrected chi connectivity index (χ4v) is 3.44. The molecule has 1 fully saturated rings. The zero-order valence-electron chi connectivity index (χ0n) is 11.6. The molecule has 1 saturated heterocycles. The van der Waals surface area contributed by atoms with Gasteiger partial charge in [-0.3, -0.25) is 4.90 Å². The molecule has 1 aliphatic rings. The van der Waals surface area contributed by atoms with E-state index in [0.29, 0.717) is 0 Å². The minimum Gasteiger partial charge on any atom is -0.299 e. The zero-order valence-corrected chi connectivity index (χ0v) is 13.2. The SMILES string of the molecule is Brc1cccc(C2CCN(Cc3ccccc3)CC2)c1. The van der Waals surface area contributed by atoms with Gasteiger partial charge in [-0.15, -0.1) is 0 Å². The Morgan fingerprint density at radius 1 is 0.950 bits per heavy atom. The Morgan fingerprint density at radius 2 is 1.70 bits per heavy atom. The van der Waals surface area contributed by atoms with E-state index < -0.39 is 0 Å². The van der Waals surface area contributed by atoms with Gasteiger partial charge in [0.05, 0.1) is 0 Å². The highest BCUT2D eigenvalue weighted by molar-refractivity contribution is 9.10. The van der Waals surface area contributed by atoms with Crippen LogP contribution in [-0.4, -0.2) is 18.0 Å². The third kappa shape index (κ3) is 3.50. The van der Waals surface area contributed by atoms with Gasteiger partial charge in [-0.1, -0.05) is 58.4 Å². The molecule has 0 radical (unpaired) electrons. The van der Waals surface area contributed by atoms with Crippen molar-refractivity contribution in [1.82, 2.24) is 4.90 Å². The van der Waals surface area contributed by atoms with Crippen LogP contribution in [0.2, 0.25) is 0 Å². The van der Waals surface area contributed by atoms with Gasteiger partial charge >= 0.3 is 0 Å². The molecule has 0 N–H and O–H groups in total. The molecule has 2 heteroatoms. The van der Waals surface area contributed by atoms with Crippen molar-refractivity contribution in [3.8, 4) is 0 Å². The molecule has 3 rings (SSSR count). The van der Waals surface area contributed by atoms with E-state index in [0.717, 1.165) is 12.5 Å². The molecule has 1 heterocycles. The summed E-state index contributed by atoms with van der Waals surface area (Å²) in [6.07, 6.45) is 2.53. The van der Waals surface area contributed by atoms with Gasteiger partial charge in [0.15, 0.2) is 0 Å². The summed E-state index contributed by atoms with van der Waals surface area (Å²) < 4.78 is 1.20. The molecule has 0 saturated carbocycles. The van der Waals surface area contributed by atoms with Crippen LogP contribution < -0.4 is 0 Å². The standard InChI is InChI=1S/C18H20BrN/c19-18-8-4-7-17(13-18)16-9-11-20(12-10-16)14-15-5-2-1-3-6-15/h1-8,13,16H,9-12,14H2. The van der Waals surface area contributed by atoms with Crippen molar-refractivity contribution in [2.75, 3.05) is 13.1 Å². The molecule has 0 unspecified atom stereocenters. The predicted octanol–water partition coefficient (Wildman–Crippen LogP) is 4.83. The average molecular weight is 330 g/mol. The van der Waals surface area contributed by atoms with E-state index in [-0.39, 0.29) is 0 Å². The van der Waals surface area contributed by atoms with Gasteiger partial charge < -0.3 is 0 Å². The second kappa shape index (κ2) is 6.55. The highest BCUT2D eigenvalue weighted by Gasteiger charge is 2.20. The first-order valence-electron chi connectivity index (χ1n) is 7.33. The number of nitrogens with zero attached hydrogens (tertiary/aromatic N) is 1. The number of hydrogen-bond donors (Lipinski definition) is 0. The van der Waals surface area contributed by atoms with Gasteiger partial charge in [0, 0.05) is 11.0 Å². The first kappa shape index (κ1) is 13.8. The molecule has 0 bridgehead atoms. The van der Waals surface area contributed by atoms with E-state index in [2.05, 4.69) is 75.4 Å². The van der Waals surface area contributed by atoms with Crippen LogP contribution in [0.25, 0.3) is 0 Å². The number of halogens is 1. The second-order valence-electron chi connectivity index (χ2n) is 5.59. The summed E-state index contributed by atoms with van der Waals surface area (Å²) in [6.45, 7) is 3.49.